The summed E-state index contributed by atoms with van der Waals surface area (Å²) in [6.07, 6.45) is 4.04. The number of morpholine rings is 1. The van der Waals surface area contributed by atoms with Gasteiger partial charge in [0.2, 0.25) is 5.91 Å². The smallest absolute Gasteiger partial charge is 0.231 e. The highest BCUT2D eigenvalue weighted by Crippen LogP contribution is 2.10. The number of aryl methyl sites for hydroxylation is 1. The van der Waals surface area contributed by atoms with E-state index in [1.54, 1.807) is 0 Å². The second-order valence-corrected chi connectivity index (χ2v) is 5.41. The monoisotopic (exact) mass is 281 g/mol. The molecule has 1 aliphatic rings. The van der Waals surface area contributed by atoms with Gasteiger partial charge in [0.05, 0.1) is 25.5 Å². The molecule has 112 valence electrons. The number of hydrogen-bond acceptors (Lipinski definition) is 5. The lowest BCUT2D eigenvalue weighted by Crippen LogP contribution is -2.47. The van der Waals surface area contributed by atoms with Gasteiger partial charge in [0.1, 0.15) is 0 Å². The summed E-state index contributed by atoms with van der Waals surface area (Å²) in [6, 6.07) is 0. The summed E-state index contributed by atoms with van der Waals surface area (Å²) in [5.41, 5.74) is 6.40. The Morgan fingerprint density at radius 2 is 2.45 bits per heavy atom. The van der Waals surface area contributed by atoms with E-state index in [-0.39, 0.29) is 18.6 Å². The SMILES string of the molecule is CN(CC(N)=O)CC1CN(Cc2cnn(C)c2)CCO1. The Kier molecular flexibility index (Phi) is 5.11. The first-order valence-corrected chi connectivity index (χ1v) is 6.81. The molecular weight excluding hydrogens is 258 g/mol. The second-order valence-electron chi connectivity index (χ2n) is 5.41. The number of amides is 1. The summed E-state index contributed by atoms with van der Waals surface area (Å²) in [5, 5.41) is 4.18. The second kappa shape index (κ2) is 6.83. The quantitative estimate of drug-likeness (QED) is 0.726. The van der Waals surface area contributed by atoms with E-state index in [2.05, 4.69) is 10.00 Å². The lowest BCUT2D eigenvalue weighted by atomic mass is 10.2. The van der Waals surface area contributed by atoms with E-state index >= 15 is 0 Å². The molecular formula is C13H23N5O2. The molecule has 1 atom stereocenters. The predicted molar refractivity (Wildman–Crippen MR) is 74.9 cm³/mol. The van der Waals surface area contributed by atoms with Crippen molar-refractivity contribution >= 4 is 5.91 Å². The van der Waals surface area contributed by atoms with Crippen molar-refractivity contribution in [2.45, 2.75) is 12.6 Å². The average Bonchev–Trinajstić information content (AvgIpc) is 2.74. The van der Waals surface area contributed by atoms with E-state index in [9.17, 15) is 4.79 Å². The molecule has 0 bridgehead atoms. The fraction of sp³-hybridized carbons (Fsp3) is 0.692. The third kappa shape index (κ3) is 4.59. The zero-order chi connectivity index (χ0) is 14.5. The Labute approximate surface area is 119 Å². The summed E-state index contributed by atoms with van der Waals surface area (Å²) >= 11 is 0. The summed E-state index contributed by atoms with van der Waals surface area (Å²) in [7, 11) is 3.80. The van der Waals surface area contributed by atoms with E-state index in [1.807, 2.05) is 36.1 Å². The van der Waals surface area contributed by atoms with Gasteiger partial charge in [-0.3, -0.25) is 19.3 Å². The number of likely N-dealkylation sites (N-methyl/N-ethyl adjacent to an activating group) is 1. The van der Waals surface area contributed by atoms with Crippen molar-refractivity contribution < 1.29 is 9.53 Å². The van der Waals surface area contributed by atoms with Gasteiger partial charge in [-0.25, -0.2) is 0 Å². The number of ether oxygens (including phenoxy) is 1. The highest BCUT2D eigenvalue weighted by atomic mass is 16.5. The number of rotatable bonds is 6. The van der Waals surface area contributed by atoms with Crippen LogP contribution in [0.3, 0.4) is 0 Å². The Morgan fingerprint density at radius 1 is 1.65 bits per heavy atom. The van der Waals surface area contributed by atoms with Gasteiger partial charge in [0, 0.05) is 45.0 Å². The molecule has 1 saturated heterocycles. The molecule has 1 unspecified atom stereocenters. The van der Waals surface area contributed by atoms with Crippen LogP contribution in [0, 0.1) is 0 Å². The molecule has 7 heteroatoms. The van der Waals surface area contributed by atoms with Crippen LogP contribution in [0.2, 0.25) is 0 Å². The number of nitrogens with zero attached hydrogens (tertiary/aromatic N) is 4. The molecule has 1 fully saturated rings. The summed E-state index contributed by atoms with van der Waals surface area (Å²) in [4.78, 5) is 15.1. The number of carbonyl (C=O) groups is 1. The number of carbonyl (C=O) groups excluding carboxylic acids is 1. The predicted octanol–water partition coefficient (Wildman–Crippen LogP) is -0.962. The van der Waals surface area contributed by atoms with E-state index in [1.165, 1.54) is 5.56 Å². The third-order valence-electron chi connectivity index (χ3n) is 3.33. The maximum absolute atomic E-state index is 10.9. The van der Waals surface area contributed by atoms with E-state index in [0.29, 0.717) is 6.54 Å². The van der Waals surface area contributed by atoms with Crippen LogP contribution in [0.4, 0.5) is 0 Å². The van der Waals surface area contributed by atoms with Gasteiger partial charge < -0.3 is 10.5 Å². The van der Waals surface area contributed by atoms with Gasteiger partial charge in [0.25, 0.3) is 0 Å². The minimum Gasteiger partial charge on any atom is -0.374 e. The van der Waals surface area contributed by atoms with Crippen molar-refractivity contribution in [2.75, 3.05) is 39.8 Å². The van der Waals surface area contributed by atoms with Crippen LogP contribution in [-0.2, 0) is 23.1 Å². The fourth-order valence-corrected chi connectivity index (χ4v) is 2.52. The minimum atomic E-state index is -0.310. The molecule has 0 aliphatic carbocycles. The summed E-state index contributed by atoms with van der Waals surface area (Å²) < 4.78 is 7.56. The molecule has 1 amide bonds. The van der Waals surface area contributed by atoms with Crippen LogP contribution in [0.1, 0.15) is 5.56 Å². The van der Waals surface area contributed by atoms with Crippen LogP contribution < -0.4 is 5.73 Å². The molecule has 0 aromatic carbocycles. The number of aromatic nitrogens is 2. The molecule has 20 heavy (non-hydrogen) atoms. The van der Waals surface area contributed by atoms with Crippen molar-refractivity contribution in [2.24, 2.45) is 12.8 Å². The average molecular weight is 281 g/mol. The molecule has 7 nitrogen and oxygen atoms in total. The van der Waals surface area contributed by atoms with Crippen LogP contribution >= 0.6 is 0 Å². The maximum Gasteiger partial charge on any atom is 0.231 e. The summed E-state index contributed by atoms with van der Waals surface area (Å²) in [5.74, 6) is -0.310. The number of primary amides is 1. The van der Waals surface area contributed by atoms with Crippen LogP contribution in [-0.4, -0.2) is 71.4 Å². The number of nitrogens with two attached hydrogens (primary N) is 1. The highest BCUT2D eigenvalue weighted by Gasteiger charge is 2.22. The molecule has 0 spiro atoms. The minimum absolute atomic E-state index is 0.116. The first-order chi connectivity index (χ1) is 9.52. The normalized spacial score (nSPS) is 20.4. The molecule has 1 aromatic heterocycles. The van der Waals surface area contributed by atoms with Crippen molar-refractivity contribution in [3.05, 3.63) is 18.0 Å². The third-order valence-corrected chi connectivity index (χ3v) is 3.33. The van der Waals surface area contributed by atoms with E-state index in [4.69, 9.17) is 10.5 Å². The number of hydrogen-bond donors (Lipinski definition) is 1. The first kappa shape index (κ1) is 15.0. The standard InChI is InChI=1S/C13H23N5O2/c1-16(10-13(14)19)8-12-9-18(3-4-20-12)7-11-5-15-17(2)6-11/h5-6,12H,3-4,7-10H2,1-2H3,(H2,14,19). The van der Waals surface area contributed by atoms with Gasteiger partial charge in [-0.2, -0.15) is 5.10 Å². The zero-order valence-corrected chi connectivity index (χ0v) is 12.2. The summed E-state index contributed by atoms with van der Waals surface area (Å²) in [6.45, 7) is 4.36. The van der Waals surface area contributed by atoms with Gasteiger partial charge in [-0.15, -0.1) is 0 Å². The van der Waals surface area contributed by atoms with Gasteiger partial charge >= 0.3 is 0 Å². The largest absolute Gasteiger partial charge is 0.374 e. The molecule has 2 rings (SSSR count). The Balaban J connectivity index is 1.80. The van der Waals surface area contributed by atoms with Gasteiger partial charge in [0.15, 0.2) is 0 Å². The van der Waals surface area contributed by atoms with Crippen molar-refractivity contribution in [3.8, 4) is 0 Å². The van der Waals surface area contributed by atoms with Crippen molar-refractivity contribution in [1.29, 1.82) is 0 Å². The molecule has 2 N–H and O–H groups in total. The Bertz CT molecular complexity index is 448. The molecule has 2 heterocycles. The molecule has 0 radical (unpaired) electrons. The van der Waals surface area contributed by atoms with Crippen molar-refractivity contribution in [3.63, 3.8) is 0 Å². The topological polar surface area (TPSA) is 76.6 Å². The fourth-order valence-electron chi connectivity index (χ4n) is 2.52. The Hall–Kier alpha value is -1.44. The van der Waals surface area contributed by atoms with Crippen molar-refractivity contribution in [1.82, 2.24) is 19.6 Å². The lowest BCUT2D eigenvalue weighted by molar-refractivity contribution is -0.119. The van der Waals surface area contributed by atoms with Crippen LogP contribution in [0.5, 0.6) is 0 Å². The first-order valence-electron chi connectivity index (χ1n) is 6.81. The van der Waals surface area contributed by atoms with Crippen LogP contribution in [0.25, 0.3) is 0 Å². The zero-order valence-electron chi connectivity index (χ0n) is 12.2. The Morgan fingerprint density at radius 3 is 3.10 bits per heavy atom. The van der Waals surface area contributed by atoms with Gasteiger partial charge in [-0.05, 0) is 7.05 Å². The lowest BCUT2D eigenvalue weighted by Gasteiger charge is -2.34. The molecule has 0 saturated carbocycles. The molecule has 1 aliphatic heterocycles. The van der Waals surface area contributed by atoms with E-state index in [0.717, 1.165) is 26.2 Å². The van der Waals surface area contributed by atoms with E-state index < -0.39 is 0 Å². The van der Waals surface area contributed by atoms with Crippen LogP contribution in [0.15, 0.2) is 12.4 Å². The highest BCUT2D eigenvalue weighted by molar-refractivity contribution is 5.75. The molecule has 1 aromatic rings. The van der Waals surface area contributed by atoms with Gasteiger partial charge in [-0.1, -0.05) is 0 Å². The maximum atomic E-state index is 10.9.